The van der Waals surface area contributed by atoms with E-state index in [1.165, 1.54) is 11.1 Å². The first kappa shape index (κ1) is 13.1. The van der Waals surface area contributed by atoms with Gasteiger partial charge in [0.15, 0.2) is 5.79 Å². The lowest BCUT2D eigenvalue weighted by molar-refractivity contribution is -0.185. The molecule has 2 fully saturated rings. The third kappa shape index (κ3) is 2.82. The van der Waals surface area contributed by atoms with E-state index in [9.17, 15) is 0 Å². The molecule has 1 aromatic carbocycles. The summed E-state index contributed by atoms with van der Waals surface area (Å²) >= 11 is 0. The Kier molecular flexibility index (Phi) is 3.84. The summed E-state index contributed by atoms with van der Waals surface area (Å²) in [5.41, 5.74) is 8.38. The summed E-state index contributed by atoms with van der Waals surface area (Å²) in [4.78, 5) is 2.46. The van der Waals surface area contributed by atoms with E-state index in [4.69, 9.17) is 15.2 Å². The molecule has 0 atom stereocenters. The van der Waals surface area contributed by atoms with Crippen molar-refractivity contribution in [3.05, 3.63) is 35.4 Å². The van der Waals surface area contributed by atoms with Gasteiger partial charge in [-0.1, -0.05) is 24.3 Å². The Morgan fingerprint density at radius 2 is 1.68 bits per heavy atom. The molecule has 4 nitrogen and oxygen atoms in total. The van der Waals surface area contributed by atoms with Crippen molar-refractivity contribution in [1.82, 2.24) is 4.90 Å². The first-order chi connectivity index (χ1) is 9.31. The molecule has 0 aliphatic carbocycles. The predicted molar refractivity (Wildman–Crippen MR) is 73.5 cm³/mol. The molecule has 2 aliphatic heterocycles. The fourth-order valence-corrected chi connectivity index (χ4v) is 2.99. The van der Waals surface area contributed by atoms with E-state index < -0.39 is 0 Å². The Labute approximate surface area is 114 Å². The maximum atomic E-state index is 5.79. The molecule has 0 saturated carbocycles. The molecular weight excluding hydrogens is 240 g/mol. The van der Waals surface area contributed by atoms with E-state index in [2.05, 4.69) is 29.2 Å². The first-order valence-electron chi connectivity index (χ1n) is 7.08. The van der Waals surface area contributed by atoms with Crippen molar-refractivity contribution in [3.8, 4) is 0 Å². The number of ether oxygens (including phenoxy) is 2. The van der Waals surface area contributed by atoms with Gasteiger partial charge in [-0.3, -0.25) is 4.90 Å². The van der Waals surface area contributed by atoms with Gasteiger partial charge in [-0.15, -0.1) is 0 Å². The number of hydrogen-bond donors (Lipinski definition) is 1. The van der Waals surface area contributed by atoms with Crippen molar-refractivity contribution in [1.29, 1.82) is 0 Å². The molecule has 0 radical (unpaired) electrons. The third-order valence-corrected chi connectivity index (χ3v) is 4.16. The van der Waals surface area contributed by atoms with E-state index >= 15 is 0 Å². The second-order valence-corrected chi connectivity index (χ2v) is 5.36. The van der Waals surface area contributed by atoms with Crippen LogP contribution in [0.3, 0.4) is 0 Å². The Morgan fingerprint density at radius 3 is 2.32 bits per heavy atom. The zero-order valence-electron chi connectivity index (χ0n) is 11.3. The van der Waals surface area contributed by atoms with Crippen LogP contribution in [0.5, 0.6) is 0 Å². The van der Waals surface area contributed by atoms with Crippen LogP contribution in [0.15, 0.2) is 24.3 Å². The smallest absolute Gasteiger partial charge is 0.170 e. The van der Waals surface area contributed by atoms with Crippen molar-refractivity contribution in [2.45, 2.75) is 31.7 Å². The van der Waals surface area contributed by atoms with Crippen molar-refractivity contribution in [2.75, 3.05) is 26.3 Å². The Bertz CT molecular complexity index is 420. The average Bonchev–Trinajstić information content (AvgIpc) is 2.91. The predicted octanol–water partition coefficient (Wildman–Crippen LogP) is 1.48. The number of benzene rings is 1. The highest BCUT2D eigenvalue weighted by Gasteiger charge is 2.39. The first-order valence-corrected chi connectivity index (χ1v) is 7.08. The summed E-state index contributed by atoms with van der Waals surface area (Å²) < 4.78 is 11.5. The van der Waals surface area contributed by atoms with E-state index in [1.807, 2.05) is 0 Å². The van der Waals surface area contributed by atoms with Gasteiger partial charge in [-0.05, 0) is 11.1 Å². The van der Waals surface area contributed by atoms with Gasteiger partial charge < -0.3 is 15.2 Å². The van der Waals surface area contributed by atoms with Gasteiger partial charge in [0.05, 0.1) is 13.2 Å². The molecule has 4 heteroatoms. The van der Waals surface area contributed by atoms with Gasteiger partial charge in [-0.2, -0.15) is 0 Å². The van der Waals surface area contributed by atoms with Gasteiger partial charge in [0, 0.05) is 39.0 Å². The Hall–Kier alpha value is -0.940. The molecule has 2 N–H and O–H groups in total. The minimum atomic E-state index is -0.274. The average molecular weight is 262 g/mol. The van der Waals surface area contributed by atoms with E-state index in [0.29, 0.717) is 6.54 Å². The van der Waals surface area contributed by atoms with Crippen LogP contribution in [0.25, 0.3) is 0 Å². The zero-order chi connectivity index (χ0) is 13.1. The number of nitrogens with zero attached hydrogens (tertiary/aromatic N) is 1. The molecule has 0 amide bonds. The minimum absolute atomic E-state index is 0.274. The van der Waals surface area contributed by atoms with Crippen LogP contribution in [0.4, 0.5) is 0 Å². The lowest BCUT2D eigenvalue weighted by Gasteiger charge is -2.37. The Balaban J connectivity index is 1.60. The summed E-state index contributed by atoms with van der Waals surface area (Å²) in [6.45, 7) is 5.13. The topological polar surface area (TPSA) is 47.7 Å². The highest BCUT2D eigenvalue weighted by molar-refractivity contribution is 5.26. The molecule has 0 unspecified atom stereocenters. The van der Waals surface area contributed by atoms with E-state index in [-0.39, 0.29) is 5.79 Å². The number of piperidine rings is 1. The fourth-order valence-electron chi connectivity index (χ4n) is 2.99. The molecule has 0 aromatic heterocycles. The molecule has 2 heterocycles. The van der Waals surface area contributed by atoms with Gasteiger partial charge in [0.2, 0.25) is 0 Å². The molecule has 104 valence electrons. The highest BCUT2D eigenvalue weighted by Crippen LogP contribution is 2.31. The number of hydrogen-bond acceptors (Lipinski definition) is 4. The van der Waals surface area contributed by atoms with Gasteiger partial charge >= 0.3 is 0 Å². The number of rotatable bonds is 3. The molecule has 1 spiro atoms. The summed E-state index contributed by atoms with van der Waals surface area (Å²) in [5, 5.41) is 0. The van der Waals surface area contributed by atoms with E-state index in [1.54, 1.807) is 0 Å². The maximum Gasteiger partial charge on any atom is 0.170 e. The summed E-state index contributed by atoms with van der Waals surface area (Å²) in [7, 11) is 0. The van der Waals surface area contributed by atoms with Crippen LogP contribution in [-0.4, -0.2) is 37.0 Å². The second kappa shape index (κ2) is 5.59. The summed E-state index contributed by atoms with van der Waals surface area (Å²) in [5.74, 6) is -0.274. The van der Waals surface area contributed by atoms with Crippen LogP contribution >= 0.6 is 0 Å². The van der Waals surface area contributed by atoms with Gasteiger partial charge in [0.25, 0.3) is 0 Å². The number of likely N-dealkylation sites (tertiary alicyclic amines) is 1. The highest BCUT2D eigenvalue weighted by atomic mass is 16.7. The molecule has 2 aliphatic rings. The SMILES string of the molecule is NCc1ccccc1CN1CCC2(CC1)OCCO2. The molecule has 1 aromatic rings. The normalized spacial score (nSPS) is 23.0. The summed E-state index contributed by atoms with van der Waals surface area (Å²) in [6, 6.07) is 8.43. The van der Waals surface area contributed by atoms with Crippen molar-refractivity contribution in [2.24, 2.45) is 5.73 Å². The van der Waals surface area contributed by atoms with Crippen molar-refractivity contribution < 1.29 is 9.47 Å². The monoisotopic (exact) mass is 262 g/mol. The zero-order valence-corrected chi connectivity index (χ0v) is 11.3. The molecule has 3 rings (SSSR count). The van der Waals surface area contributed by atoms with Crippen LogP contribution in [0.2, 0.25) is 0 Å². The molecule has 0 bridgehead atoms. The quantitative estimate of drug-likeness (QED) is 0.896. The van der Waals surface area contributed by atoms with E-state index in [0.717, 1.165) is 45.7 Å². The standard InChI is InChI=1S/C15H22N2O2/c16-11-13-3-1-2-4-14(13)12-17-7-5-15(6-8-17)18-9-10-19-15/h1-4H,5-12,16H2. The fraction of sp³-hybridized carbons (Fsp3) is 0.600. The van der Waals surface area contributed by atoms with Crippen LogP contribution in [0, 0.1) is 0 Å². The maximum absolute atomic E-state index is 5.79. The van der Waals surface area contributed by atoms with Crippen LogP contribution < -0.4 is 5.73 Å². The van der Waals surface area contributed by atoms with Gasteiger partial charge in [0.1, 0.15) is 0 Å². The molecule has 2 saturated heterocycles. The number of nitrogens with two attached hydrogens (primary N) is 1. The lowest BCUT2D eigenvalue weighted by atomic mass is 10.0. The van der Waals surface area contributed by atoms with Crippen molar-refractivity contribution >= 4 is 0 Å². The third-order valence-electron chi connectivity index (χ3n) is 4.16. The molecular formula is C15H22N2O2. The Morgan fingerprint density at radius 1 is 1.05 bits per heavy atom. The van der Waals surface area contributed by atoms with Gasteiger partial charge in [-0.25, -0.2) is 0 Å². The lowest BCUT2D eigenvalue weighted by Crippen LogP contribution is -2.44. The van der Waals surface area contributed by atoms with Crippen LogP contribution in [-0.2, 0) is 22.6 Å². The summed E-state index contributed by atoms with van der Waals surface area (Å²) in [6.07, 6.45) is 1.94. The second-order valence-electron chi connectivity index (χ2n) is 5.36. The minimum Gasteiger partial charge on any atom is -0.347 e. The largest absolute Gasteiger partial charge is 0.347 e. The molecule has 19 heavy (non-hydrogen) atoms. The van der Waals surface area contributed by atoms with Crippen LogP contribution in [0.1, 0.15) is 24.0 Å². The van der Waals surface area contributed by atoms with Crippen molar-refractivity contribution in [3.63, 3.8) is 0 Å².